The van der Waals surface area contributed by atoms with Crippen LogP contribution in [0, 0.1) is 27.7 Å². The van der Waals surface area contributed by atoms with Crippen molar-refractivity contribution in [3.8, 4) is 0 Å². The highest BCUT2D eigenvalue weighted by molar-refractivity contribution is 5.80. The van der Waals surface area contributed by atoms with E-state index in [1.54, 1.807) is 0 Å². The van der Waals surface area contributed by atoms with E-state index in [4.69, 9.17) is 4.99 Å². The molecule has 5 heteroatoms. The SMILES string of the molecule is Cc1ccc(C)n1CCN(CCn1c(C)ccc1C)C(=NC1CCCCC1)NC1CCCCC1. The minimum Gasteiger partial charge on any atom is -0.353 e. The molecule has 0 bridgehead atoms. The third-order valence-corrected chi connectivity index (χ3v) is 8.14. The number of aryl methyl sites for hydroxylation is 4. The Bertz CT molecular complexity index is 835. The number of nitrogens with one attached hydrogen (secondary N) is 1. The molecule has 34 heavy (non-hydrogen) atoms. The predicted molar refractivity (Wildman–Crippen MR) is 144 cm³/mol. The van der Waals surface area contributed by atoms with Crippen LogP contribution < -0.4 is 5.32 Å². The van der Waals surface area contributed by atoms with Gasteiger partial charge >= 0.3 is 0 Å². The van der Waals surface area contributed by atoms with Crippen LogP contribution in [0.15, 0.2) is 29.3 Å². The molecule has 4 rings (SSSR count). The average Bonchev–Trinajstić information content (AvgIpc) is 3.34. The van der Waals surface area contributed by atoms with Gasteiger partial charge in [-0.15, -0.1) is 0 Å². The number of aromatic nitrogens is 2. The molecule has 2 heterocycles. The molecule has 5 nitrogen and oxygen atoms in total. The lowest BCUT2D eigenvalue weighted by Gasteiger charge is -2.33. The van der Waals surface area contributed by atoms with Gasteiger partial charge in [-0.2, -0.15) is 0 Å². The summed E-state index contributed by atoms with van der Waals surface area (Å²) >= 11 is 0. The minimum atomic E-state index is 0.479. The Kier molecular flexibility index (Phi) is 8.80. The monoisotopic (exact) mass is 465 g/mol. The number of guanidine groups is 1. The largest absolute Gasteiger partial charge is 0.353 e. The fourth-order valence-corrected chi connectivity index (χ4v) is 5.89. The molecule has 0 saturated heterocycles. The summed E-state index contributed by atoms with van der Waals surface area (Å²) in [7, 11) is 0. The zero-order valence-electron chi connectivity index (χ0n) is 22.2. The Balaban J connectivity index is 1.56. The molecule has 2 saturated carbocycles. The van der Waals surface area contributed by atoms with E-state index in [1.165, 1.54) is 92.9 Å². The van der Waals surface area contributed by atoms with Crippen LogP contribution in [-0.4, -0.2) is 45.2 Å². The van der Waals surface area contributed by atoms with E-state index >= 15 is 0 Å². The number of nitrogens with zero attached hydrogens (tertiary/aromatic N) is 4. The summed E-state index contributed by atoms with van der Waals surface area (Å²) in [5.41, 5.74) is 5.39. The summed E-state index contributed by atoms with van der Waals surface area (Å²) in [5, 5.41) is 3.98. The first-order valence-corrected chi connectivity index (χ1v) is 13.9. The van der Waals surface area contributed by atoms with Crippen molar-refractivity contribution >= 4 is 5.96 Å². The molecule has 0 unspecified atom stereocenters. The van der Waals surface area contributed by atoms with Crippen molar-refractivity contribution in [3.63, 3.8) is 0 Å². The maximum atomic E-state index is 5.43. The minimum absolute atomic E-state index is 0.479. The van der Waals surface area contributed by atoms with Crippen molar-refractivity contribution in [3.05, 3.63) is 47.0 Å². The van der Waals surface area contributed by atoms with Gasteiger partial charge in [0, 0.05) is 55.0 Å². The van der Waals surface area contributed by atoms with Crippen LogP contribution in [0.2, 0.25) is 0 Å². The Hall–Kier alpha value is -2.17. The van der Waals surface area contributed by atoms with E-state index in [0.29, 0.717) is 12.1 Å². The number of aliphatic imine (C=N–C) groups is 1. The Morgan fingerprint density at radius 1 is 0.735 bits per heavy atom. The lowest BCUT2D eigenvalue weighted by Crippen LogP contribution is -2.49. The Labute approximate surface area is 207 Å². The van der Waals surface area contributed by atoms with Crippen LogP contribution in [0.25, 0.3) is 0 Å². The topological polar surface area (TPSA) is 37.5 Å². The third kappa shape index (κ3) is 6.49. The van der Waals surface area contributed by atoms with Gasteiger partial charge in [0.25, 0.3) is 0 Å². The summed E-state index contributed by atoms with van der Waals surface area (Å²) in [6.07, 6.45) is 13.2. The van der Waals surface area contributed by atoms with Crippen molar-refractivity contribution in [2.24, 2.45) is 4.99 Å². The molecule has 0 aliphatic heterocycles. The van der Waals surface area contributed by atoms with Crippen LogP contribution in [0.5, 0.6) is 0 Å². The fourth-order valence-electron chi connectivity index (χ4n) is 5.89. The van der Waals surface area contributed by atoms with E-state index in [0.717, 1.165) is 26.2 Å². The molecule has 0 aromatic carbocycles. The van der Waals surface area contributed by atoms with Gasteiger partial charge in [0.15, 0.2) is 5.96 Å². The lowest BCUT2D eigenvalue weighted by atomic mass is 9.95. The second-order valence-corrected chi connectivity index (χ2v) is 10.7. The molecule has 188 valence electrons. The van der Waals surface area contributed by atoms with Crippen molar-refractivity contribution in [1.29, 1.82) is 0 Å². The first kappa shape index (κ1) is 24.9. The Morgan fingerprint density at radius 3 is 1.65 bits per heavy atom. The normalized spacial score (nSPS) is 18.4. The van der Waals surface area contributed by atoms with Crippen LogP contribution in [0.3, 0.4) is 0 Å². The molecule has 2 aromatic rings. The van der Waals surface area contributed by atoms with Gasteiger partial charge < -0.3 is 19.4 Å². The summed E-state index contributed by atoms with van der Waals surface area (Å²) in [5.74, 6) is 1.17. The molecule has 0 atom stereocenters. The smallest absolute Gasteiger partial charge is 0.194 e. The first-order valence-electron chi connectivity index (χ1n) is 13.9. The predicted octanol–water partition coefficient (Wildman–Crippen LogP) is 6.14. The van der Waals surface area contributed by atoms with Gasteiger partial charge in [-0.1, -0.05) is 38.5 Å². The second-order valence-electron chi connectivity index (χ2n) is 10.7. The highest BCUT2D eigenvalue weighted by Crippen LogP contribution is 2.22. The third-order valence-electron chi connectivity index (χ3n) is 8.14. The van der Waals surface area contributed by atoms with Crippen molar-refractivity contribution in [1.82, 2.24) is 19.4 Å². The quantitative estimate of drug-likeness (QED) is 0.376. The summed E-state index contributed by atoms with van der Waals surface area (Å²) in [4.78, 5) is 8.00. The molecule has 2 aliphatic carbocycles. The van der Waals surface area contributed by atoms with Gasteiger partial charge in [-0.05, 0) is 77.6 Å². The number of rotatable bonds is 8. The van der Waals surface area contributed by atoms with Crippen LogP contribution in [0.4, 0.5) is 0 Å². The molecule has 2 aliphatic rings. The highest BCUT2D eigenvalue weighted by atomic mass is 15.3. The van der Waals surface area contributed by atoms with Gasteiger partial charge in [0.05, 0.1) is 6.04 Å². The van der Waals surface area contributed by atoms with Crippen LogP contribution in [0.1, 0.15) is 87.0 Å². The van der Waals surface area contributed by atoms with Crippen LogP contribution >= 0.6 is 0 Å². The Morgan fingerprint density at radius 2 is 1.18 bits per heavy atom. The van der Waals surface area contributed by atoms with E-state index in [2.05, 4.69) is 71.3 Å². The first-order chi connectivity index (χ1) is 16.5. The van der Waals surface area contributed by atoms with Crippen molar-refractivity contribution < 1.29 is 0 Å². The molecule has 2 aromatic heterocycles. The highest BCUT2D eigenvalue weighted by Gasteiger charge is 2.22. The molecule has 0 amide bonds. The summed E-state index contributed by atoms with van der Waals surface area (Å²) in [6, 6.07) is 10.0. The van der Waals surface area contributed by atoms with Gasteiger partial charge in [-0.25, -0.2) is 4.99 Å². The maximum Gasteiger partial charge on any atom is 0.194 e. The average molecular weight is 466 g/mol. The summed E-state index contributed by atoms with van der Waals surface area (Å²) in [6.45, 7) is 12.9. The van der Waals surface area contributed by atoms with Crippen LogP contribution in [-0.2, 0) is 13.1 Å². The summed E-state index contributed by atoms with van der Waals surface area (Å²) < 4.78 is 4.91. The number of hydrogen-bond acceptors (Lipinski definition) is 1. The van der Waals surface area contributed by atoms with Gasteiger partial charge in [0.2, 0.25) is 0 Å². The standard InChI is InChI=1S/C29H47N5/c1-23-15-16-24(2)33(23)21-19-32(20-22-34-25(3)17-18-26(34)4)29(30-27-11-7-5-8-12-27)31-28-13-9-6-10-14-28/h15-18,27-28H,5-14,19-22H2,1-4H3,(H,30,31). The second kappa shape index (κ2) is 12.0. The molecule has 2 fully saturated rings. The van der Waals surface area contributed by atoms with Crippen molar-refractivity contribution in [2.75, 3.05) is 13.1 Å². The van der Waals surface area contributed by atoms with Gasteiger partial charge in [0.1, 0.15) is 0 Å². The fraction of sp³-hybridized carbons (Fsp3) is 0.690. The molecule has 1 N–H and O–H groups in total. The zero-order chi connectivity index (χ0) is 23.9. The maximum absolute atomic E-state index is 5.43. The molecular formula is C29H47N5. The number of hydrogen-bond donors (Lipinski definition) is 1. The van der Waals surface area contributed by atoms with E-state index in [1.807, 2.05) is 0 Å². The van der Waals surface area contributed by atoms with Gasteiger partial charge in [-0.3, -0.25) is 0 Å². The van der Waals surface area contributed by atoms with E-state index in [-0.39, 0.29) is 0 Å². The van der Waals surface area contributed by atoms with Crippen molar-refractivity contribution in [2.45, 2.75) is 117 Å². The molecule has 0 radical (unpaired) electrons. The van der Waals surface area contributed by atoms with E-state index in [9.17, 15) is 0 Å². The lowest BCUT2D eigenvalue weighted by molar-refractivity contribution is 0.332. The molecule has 0 spiro atoms. The zero-order valence-corrected chi connectivity index (χ0v) is 22.2. The van der Waals surface area contributed by atoms with E-state index < -0.39 is 0 Å². The molecular weight excluding hydrogens is 418 g/mol.